The van der Waals surface area contributed by atoms with Crippen LogP contribution < -0.4 is 0 Å². The van der Waals surface area contributed by atoms with E-state index in [-0.39, 0.29) is 11.9 Å². The maximum Gasteiger partial charge on any atom is 0.220 e. The third-order valence-corrected chi connectivity index (χ3v) is 6.19. The molecule has 3 aromatic rings. The summed E-state index contributed by atoms with van der Waals surface area (Å²) in [6.07, 6.45) is 4.26. The van der Waals surface area contributed by atoms with Gasteiger partial charge >= 0.3 is 0 Å². The molecular formula is C21H26N6O. The van der Waals surface area contributed by atoms with Crippen molar-refractivity contribution < 1.29 is 4.79 Å². The maximum atomic E-state index is 11.9. The summed E-state index contributed by atoms with van der Waals surface area (Å²) in [5.74, 6) is 2.11. The van der Waals surface area contributed by atoms with Crippen LogP contribution in [0.1, 0.15) is 43.0 Å². The van der Waals surface area contributed by atoms with Gasteiger partial charge in [0.2, 0.25) is 5.91 Å². The number of carbonyl (C=O) groups is 1. The molecule has 0 saturated carbocycles. The Bertz CT molecular complexity index is 1030. The number of aryl methyl sites for hydroxylation is 1. The van der Waals surface area contributed by atoms with Gasteiger partial charge in [-0.15, -0.1) is 10.2 Å². The predicted molar refractivity (Wildman–Crippen MR) is 106 cm³/mol. The molecule has 1 saturated heterocycles. The Kier molecular flexibility index (Phi) is 4.19. The summed E-state index contributed by atoms with van der Waals surface area (Å²) in [6.45, 7) is 6.03. The average molecular weight is 378 g/mol. The first-order chi connectivity index (χ1) is 13.6. The average Bonchev–Trinajstić information content (AvgIpc) is 3.39. The summed E-state index contributed by atoms with van der Waals surface area (Å²) in [5.41, 5.74) is 2.62. The van der Waals surface area contributed by atoms with Gasteiger partial charge in [-0.1, -0.05) is 18.2 Å². The minimum atomic E-state index is 0.0865. The Labute approximate surface area is 164 Å². The summed E-state index contributed by atoms with van der Waals surface area (Å²) >= 11 is 0. The first-order valence-electron chi connectivity index (χ1n) is 10.1. The third kappa shape index (κ3) is 2.81. The quantitative estimate of drug-likeness (QED) is 0.703. The van der Waals surface area contributed by atoms with Crippen molar-refractivity contribution in [3.05, 3.63) is 47.7 Å². The molecule has 2 aliphatic rings. The molecule has 0 bridgehead atoms. The molecule has 5 rings (SSSR count). The Morgan fingerprint density at radius 1 is 1.18 bits per heavy atom. The van der Waals surface area contributed by atoms with Gasteiger partial charge in [-0.2, -0.15) is 0 Å². The standard InChI is InChI=1S/C21H26N6O/c1-15(28)26-9-5-8-19(26)21-23-22-20-14-25(10-11-27(20)21)13-16-12-24(2)18-7-4-3-6-17(16)18/h3-4,6-7,12,19H,5,8-11,13-14H2,1-2H3/t19-/m0/s1. The molecule has 4 heterocycles. The fourth-order valence-corrected chi connectivity index (χ4v) is 4.82. The summed E-state index contributed by atoms with van der Waals surface area (Å²) in [4.78, 5) is 16.3. The second-order valence-corrected chi connectivity index (χ2v) is 7.99. The highest BCUT2D eigenvalue weighted by atomic mass is 16.2. The molecule has 0 unspecified atom stereocenters. The van der Waals surface area contributed by atoms with Gasteiger partial charge in [0, 0.05) is 57.3 Å². The van der Waals surface area contributed by atoms with E-state index in [2.05, 4.69) is 61.7 Å². The zero-order chi connectivity index (χ0) is 19.3. The molecule has 7 heteroatoms. The van der Waals surface area contributed by atoms with E-state index in [0.717, 1.165) is 57.2 Å². The molecule has 146 valence electrons. The Hall–Kier alpha value is -2.67. The molecule has 0 aliphatic carbocycles. The highest BCUT2D eigenvalue weighted by Crippen LogP contribution is 2.32. The number of hydrogen-bond donors (Lipinski definition) is 0. The number of rotatable bonds is 3. The van der Waals surface area contributed by atoms with Crippen LogP contribution in [0.15, 0.2) is 30.5 Å². The highest BCUT2D eigenvalue weighted by molar-refractivity contribution is 5.83. The molecule has 1 amide bonds. The van der Waals surface area contributed by atoms with E-state index in [1.807, 2.05) is 4.90 Å². The summed E-state index contributed by atoms with van der Waals surface area (Å²) < 4.78 is 4.44. The van der Waals surface area contributed by atoms with Crippen LogP contribution in [0, 0.1) is 0 Å². The van der Waals surface area contributed by atoms with Crippen molar-refractivity contribution in [1.82, 2.24) is 29.1 Å². The number of hydrogen-bond acceptors (Lipinski definition) is 4. The number of benzene rings is 1. The lowest BCUT2D eigenvalue weighted by atomic mass is 10.1. The second-order valence-electron chi connectivity index (χ2n) is 7.99. The van der Waals surface area contributed by atoms with Gasteiger partial charge in [-0.05, 0) is 24.5 Å². The minimum absolute atomic E-state index is 0.0865. The van der Waals surface area contributed by atoms with Gasteiger partial charge in [0.25, 0.3) is 0 Å². The Balaban J connectivity index is 1.36. The van der Waals surface area contributed by atoms with Crippen molar-refractivity contribution in [3.8, 4) is 0 Å². The maximum absolute atomic E-state index is 11.9. The zero-order valence-electron chi connectivity index (χ0n) is 16.5. The zero-order valence-corrected chi connectivity index (χ0v) is 16.5. The largest absolute Gasteiger partial charge is 0.350 e. The second kappa shape index (κ2) is 6.74. The molecule has 28 heavy (non-hydrogen) atoms. The summed E-state index contributed by atoms with van der Waals surface area (Å²) in [6, 6.07) is 8.65. The van der Waals surface area contributed by atoms with Gasteiger partial charge in [0.15, 0.2) is 5.82 Å². The van der Waals surface area contributed by atoms with Crippen LogP contribution in [0.25, 0.3) is 10.9 Å². The minimum Gasteiger partial charge on any atom is -0.350 e. The lowest BCUT2D eigenvalue weighted by Crippen LogP contribution is -2.36. The van der Waals surface area contributed by atoms with Gasteiger partial charge < -0.3 is 14.0 Å². The molecule has 2 aromatic heterocycles. The predicted octanol–water partition coefficient (Wildman–Crippen LogP) is 2.47. The topological polar surface area (TPSA) is 59.2 Å². The van der Waals surface area contributed by atoms with Crippen LogP contribution in [-0.4, -0.2) is 48.1 Å². The van der Waals surface area contributed by atoms with E-state index in [1.54, 1.807) is 6.92 Å². The normalized spacial score (nSPS) is 20.1. The molecular weight excluding hydrogens is 352 g/mol. The molecule has 0 spiro atoms. The van der Waals surface area contributed by atoms with Crippen LogP contribution in [-0.2, 0) is 31.5 Å². The Morgan fingerprint density at radius 2 is 2.04 bits per heavy atom. The van der Waals surface area contributed by atoms with Crippen molar-refractivity contribution in [2.45, 2.75) is 45.4 Å². The third-order valence-electron chi connectivity index (χ3n) is 6.19. The lowest BCUT2D eigenvalue weighted by molar-refractivity contribution is -0.129. The number of likely N-dealkylation sites (tertiary alicyclic amines) is 1. The number of para-hydroxylation sites is 1. The summed E-state index contributed by atoms with van der Waals surface area (Å²) in [5, 5.41) is 10.3. The van der Waals surface area contributed by atoms with Gasteiger partial charge in [-0.3, -0.25) is 9.69 Å². The van der Waals surface area contributed by atoms with Gasteiger partial charge in [0.1, 0.15) is 5.82 Å². The summed E-state index contributed by atoms with van der Waals surface area (Å²) in [7, 11) is 2.10. The molecule has 1 atom stereocenters. The van der Waals surface area contributed by atoms with Crippen LogP contribution >= 0.6 is 0 Å². The van der Waals surface area contributed by atoms with Crippen molar-refractivity contribution in [2.24, 2.45) is 7.05 Å². The number of amides is 1. The van der Waals surface area contributed by atoms with Crippen molar-refractivity contribution >= 4 is 16.8 Å². The van der Waals surface area contributed by atoms with Crippen LogP contribution in [0.2, 0.25) is 0 Å². The van der Waals surface area contributed by atoms with E-state index < -0.39 is 0 Å². The van der Waals surface area contributed by atoms with E-state index in [1.165, 1.54) is 16.5 Å². The number of carbonyl (C=O) groups excluding carboxylic acids is 1. The van der Waals surface area contributed by atoms with E-state index in [9.17, 15) is 4.79 Å². The number of aromatic nitrogens is 4. The van der Waals surface area contributed by atoms with Gasteiger partial charge in [0.05, 0.1) is 12.6 Å². The molecule has 1 fully saturated rings. The highest BCUT2D eigenvalue weighted by Gasteiger charge is 2.34. The van der Waals surface area contributed by atoms with Gasteiger partial charge in [-0.25, -0.2) is 0 Å². The van der Waals surface area contributed by atoms with Crippen LogP contribution in [0.5, 0.6) is 0 Å². The fourth-order valence-electron chi connectivity index (χ4n) is 4.82. The smallest absolute Gasteiger partial charge is 0.220 e. The van der Waals surface area contributed by atoms with Crippen LogP contribution in [0.4, 0.5) is 0 Å². The van der Waals surface area contributed by atoms with E-state index >= 15 is 0 Å². The SMILES string of the molecule is CC(=O)N1CCC[C@H]1c1nnc2n1CCN(Cc1cn(C)c3ccccc13)C2. The molecule has 0 radical (unpaired) electrons. The van der Waals surface area contributed by atoms with Crippen molar-refractivity contribution in [1.29, 1.82) is 0 Å². The first kappa shape index (κ1) is 17.4. The van der Waals surface area contributed by atoms with Crippen molar-refractivity contribution in [3.63, 3.8) is 0 Å². The number of fused-ring (bicyclic) bond motifs is 2. The first-order valence-corrected chi connectivity index (χ1v) is 10.1. The molecule has 1 aromatic carbocycles. The Morgan fingerprint density at radius 3 is 2.89 bits per heavy atom. The van der Waals surface area contributed by atoms with E-state index in [4.69, 9.17) is 0 Å². The van der Waals surface area contributed by atoms with E-state index in [0.29, 0.717) is 0 Å². The molecule has 2 aliphatic heterocycles. The van der Waals surface area contributed by atoms with Crippen LogP contribution in [0.3, 0.4) is 0 Å². The number of nitrogens with zero attached hydrogens (tertiary/aromatic N) is 6. The molecule has 7 nitrogen and oxygen atoms in total. The fraction of sp³-hybridized carbons (Fsp3) is 0.476. The molecule has 0 N–H and O–H groups in total. The van der Waals surface area contributed by atoms with Crippen molar-refractivity contribution in [2.75, 3.05) is 13.1 Å². The monoisotopic (exact) mass is 378 g/mol. The lowest BCUT2D eigenvalue weighted by Gasteiger charge is -2.29.